The normalized spacial score (nSPS) is 23.7. The van der Waals surface area contributed by atoms with Gasteiger partial charge in [-0.3, -0.25) is 9.59 Å². The smallest absolute Gasteiger partial charge is 0.298 e. The molecule has 0 saturated carbocycles. The molecule has 0 radical (unpaired) electrons. The van der Waals surface area contributed by atoms with Gasteiger partial charge >= 0.3 is 0 Å². The molecule has 4 heterocycles. The van der Waals surface area contributed by atoms with Crippen LogP contribution < -0.4 is 4.74 Å². The molecule has 0 unspecified atom stereocenters. The summed E-state index contributed by atoms with van der Waals surface area (Å²) in [5.74, 6) is 0.491. The standard InChI is InChI=1S/C16H17N3O3S/c20-10-22-12-1-2-13-14(9-12)23-17-15(13)16(21)19-8-7-18-5-3-11(19)4-6-18/h1-2,9-11H,3-8H2. The van der Waals surface area contributed by atoms with Gasteiger partial charge in [-0.05, 0) is 36.5 Å². The average Bonchev–Trinajstić information content (AvgIpc) is 2.75. The van der Waals surface area contributed by atoms with Crippen molar-refractivity contribution in [1.29, 1.82) is 0 Å². The minimum absolute atomic E-state index is 0.0223. The molecule has 6 nitrogen and oxygen atoms in total. The summed E-state index contributed by atoms with van der Waals surface area (Å²) >= 11 is 1.27. The van der Waals surface area contributed by atoms with Crippen LogP contribution in [0.1, 0.15) is 23.3 Å². The highest BCUT2D eigenvalue weighted by Crippen LogP contribution is 2.29. The summed E-state index contributed by atoms with van der Waals surface area (Å²) in [5, 5.41) is 0.831. The molecule has 5 rings (SSSR count). The van der Waals surface area contributed by atoms with Crippen LogP contribution >= 0.6 is 11.5 Å². The molecule has 2 aromatic rings. The van der Waals surface area contributed by atoms with Crippen LogP contribution in [0.2, 0.25) is 0 Å². The zero-order valence-electron chi connectivity index (χ0n) is 12.6. The van der Waals surface area contributed by atoms with E-state index in [1.165, 1.54) is 11.5 Å². The molecule has 120 valence electrons. The fraction of sp³-hybridized carbons (Fsp3) is 0.438. The van der Waals surface area contributed by atoms with E-state index in [9.17, 15) is 9.59 Å². The minimum Gasteiger partial charge on any atom is -0.429 e. The molecule has 23 heavy (non-hydrogen) atoms. The Morgan fingerprint density at radius 1 is 1.26 bits per heavy atom. The maximum Gasteiger partial charge on any atom is 0.298 e. The number of fused-ring (bicyclic) bond motifs is 5. The van der Waals surface area contributed by atoms with Crippen LogP contribution in [0, 0.1) is 0 Å². The molecule has 1 aromatic heterocycles. The van der Waals surface area contributed by atoms with Gasteiger partial charge in [0.05, 0.1) is 4.70 Å². The summed E-state index contributed by atoms with van der Waals surface area (Å²) in [6, 6.07) is 5.58. The zero-order valence-corrected chi connectivity index (χ0v) is 13.4. The van der Waals surface area contributed by atoms with Crippen molar-refractivity contribution in [3.05, 3.63) is 23.9 Å². The highest BCUT2D eigenvalue weighted by atomic mass is 32.1. The van der Waals surface area contributed by atoms with E-state index < -0.39 is 0 Å². The van der Waals surface area contributed by atoms with Gasteiger partial charge < -0.3 is 14.5 Å². The average molecular weight is 331 g/mol. The van der Waals surface area contributed by atoms with E-state index in [4.69, 9.17) is 4.74 Å². The largest absolute Gasteiger partial charge is 0.429 e. The molecule has 0 spiro atoms. The summed E-state index contributed by atoms with van der Waals surface area (Å²) in [5.41, 5.74) is 0.517. The van der Waals surface area contributed by atoms with E-state index in [0.29, 0.717) is 24.0 Å². The summed E-state index contributed by atoms with van der Waals surface area (Å²) in [7, 11) is 0. The molecular formula is C16H17N3O3S. The van der Waals surface area contributed by atoms with Crippen LogP contribution in [0.4, 0.5) is 0 Å². The topological polar surface area (TPSA) is 62.7 Å². The molecule has 1 aromatic carbocycles. The molecule has 7 heteroatoms. The Balaban J connectivity index is 1.65. The molecular weight excluding hydrogens is 314 g/mol. The molecule has 0 atom stereocenters. The monoisotopic (exact) mass is 331 g/mol. The van der Waals surface area contributed by atoms with Gasteiger partial charge in [-0.2, -0.15) is 4.37 Å². The van der Waals surface area contributed by atoms with Crippen molar-refractivity contribution < 1.29 is 14.3 Å². The van der Waals surface area contributed by atoms with Crippen molar-refractivity contribution in [3.63, 3.8) is 0 Å². The van der Waals surface area contributed by atoms with Crippen molar-refractivity contribution in [3.8, 4) is 5.75 Å². The van der Waals surface area contributed by atoms with Gasteiger partial charge in [0.2, 0.25) is 0 Å². The first-order valence-corrected chi connectivity index (χ1v) is 8.56. The second-order valence-electron chi connectivity index (χ2n) is 5.97. The minimum atomic E-state index is 0.0223. The number of aromatic nitrogens is 1. The van der Waals surface area contributed by atoms with Crippen LogP contribution in [-0.2, 0) is 4.79 Å². The van der Waals surface area contributed by atoms with Gasteiger partial charge in [0.1, 0.15) is 11.4 Å². The Bertz CT molecular complexity index is 752. The van der Waals surface area contributed by atoms with Crippen LogP contribution in [0.25, 0.3) is 10.1 Å². The molecule has 0 aliphatic carbocycles. The second kappa shape index (κ2) is 5.90. The predicted molar refractivity (Wildman–Crippen MR) is 86.8 cm³/mol. The maximum absolute atomic E-state index is 13.0. The Hall–Kier alpha value is -1.99. The number of hydrogen-bond donors (Lipinski definition) is 0. The summed E-state index contributed by atoms with van der Waals surface area (Å²) in [4.78, 5) is 27.8. The first kappa shape index (κ1) is 14.6. The van der Waals surface area contributed by atoms with E-state index in [0.717, 1.165) is 49.1 Å². The number of carbonyl (C=O) groups excluding carboxylic acids is 2. The van der Waals surface area contributed by atoms with Gasteiger partial charge in [0, 0.05) is 43.7 Å². The molecule has 3 saturated heterocycles. The lowest BCUT2D eigenvalue weighted by Gasteiger charge is -2.31. The van der Waals surface area contributed by atoms with Crippen LogP contribution in [-0.4, -0.2) is 58.8 Å². The number of hydrogen-bond acceptors (Lipinski definition) is 6. The lowest BCUT2D eigenvalue weighted by molar-refractivity contribution is -0.120. The number of amides is 1. The second-order valence-corrected chi connectivity index (χ2v) is 6.78. The lowest BCUT2D eigenvalue weighted by Crippen LogP contribution is -2.41. The van der Waals surface area contributed by atoms with Crippen molar-refractivity contribution in [2.24, 2.45) is 0 Å². The van der Waals surface area contributed by atoms with E-state index >= 15 is 0 Å². The van der Waals surface area contributed by atoms with Crippen molar-refractivity contribution in [1.82, 2.24) is 14.2 Å². The van der Waals surface area contributed by atoms with Crippen LogP contribution in [0.5, 0.6) is 5.75 Å². The fourth-order valence-corrected chi connectivity index (χ4v) is 4.29. The number of benzene rings is 1. The summed E-state index contributed by atoms with van der Waals surface area (Å²) in [6.45, 7) is 4.28. The van der Waals surface area contributed by atoms with Gasteiger partial charge in [0.15, 0.2) is 0 Å². The van der Waals surface area contributed by atoms with Gasteiger partial charge in [-0.15, -0.1) is 0 Å². The van der Waals surface area contributed by atoms with Crippen molar-refractivity contribution >= 4 is 34.0 Å². The third-order valence-corrected chi connectivity index (χ3v) is 5.55. The number of nitrogens with zero attached hydrogens (tertiary/aromatic N) is 3. The predicted octanol–water partition coefficient (Wildman–Crippen LogP) is 1.75. The SMILES string of the molecule is O=COc1ccc2c(C(=O)N3CCN4CCC3CC4)nsc2c1. The fourth-order valence-electron chi connectivity index (χ4n) is 3.49. The molecule has 3 aliphatic heterocycles. The zero-order chi connectivity index (χ0) is 15.8. The Morgan fingerprint density at radius 3 is 2.87 bits per heavy atom. The summed E-state index contributed by atoms with van der Waals surface area (Å²) in [6.07, 6.45) is 2.09. The quantitative estimate of drug-likeness (QED) is 0.802. The Morgan fingerprint density at radius 2 is 2.09 bits per heavy atom. The molecule has 1 amide bonds. The third kappa shape index (κ3) is 2.60. The third-order valence-electron chi connectivity index (χ3n) is 4.75. The van der Waals surface area contributed by atoms with Gasteiger partial charge in [-0.25, -0.2) is 0 Å². The van der Waals surface area contributed by atoms with Gasteiger partial charge in [0.25, 0.3) is 12.4 Å². The number of rotatable bonds is 3. The van der Waals surface area contributed by atoms with Crippen molar-refractivity contribution in [2.75, 3.05) is 26.2 Å². The first-order chi connectivity index (χ1) is 11.3. The first-order valence-electron chi connectivity index (χ1n) is 7.79. The molecule has 3 fully saturated rings. The highest BCUT2D eigenvalue weighted by Gasteiger charge is 2.33. The van der Waals surface area contributed by atoms with E-state index in [2.05, 4.69) is 9.27 Å². The number of piperidine rings is 1. The Kier molecular flexibility index (Phi) is 3.74. The Labute approximate surface area is 137 Å². The van der Waals surface area contributed by atoms with Gasteiger partial charge in [-0.1, -0.05) is 0 Å². The number of ether oxygens (including phenoxy) is 1. The van der Waals surface area contributed by atoms with E-state index in [-0.39, 0.29) is 5.91 Å². The summed E-state index contributed by atoms with van der Waals surface area (Å²) < 4.78 is 10.1. The maximum atomic E-state index is 13.0. The molecule has 2 bridgehead atoms. The van der Waals surface area contributed by atoms with Crippen LogP contribution in [0.15, 0.2) is 18.2 Å². The van der Waals surface area contributed by atoms with E-state index in [1.54, 1.807) is 12.1 Å². The molecule has 3 aliphatic rings. The number of carbonyl (C=O) groups is 2. The van der Waals surface area contributed by atoms with Crippen LogP contribution in [0.3, 0.4) is 0 Å². The van der Waals surface area contributed by atoms with Crippen molar-refractivity contribution in [2.45, 2.75) is 18.9 Å². The lowest BCUT2D eigenvalue weighted by atomic mass is 10.0. The highest BCUT2D eigenvalue weighted by molar-refractivity contribution is 7.13. The van der Waals surface area contributed by atoms with E-state index in [1.807, 2.05) is 11.0 Å². The molecule has 0 N–H and O–H groups in total.